The van der Waals surface area contributed by atoms with Crippen molar-refractivity contribution in [3.63, 3.8) is 0 Å². The maximum Gasteiger partial charge on any atom is 0.125 e. The molecule has 0 radical (unpaired) electrons. The number of rotatable bonds is 3. The van der Waals surface area contributed by atoms with Gasteiger partial charge in [0.05, 0.1) is 17.3 Å². The fourth-order valence-corrected chi connectivity index (χ4v) is 2.35. The van der Waals surface area contributed by atoms with E-state index in [2.05, 4.69) is 9.97 Å². The van der Waals surface area contributed by atoms with E-state index in [0.29, 0.717) is 5.69 Å². The van der Waals surface area contributed by atoms with Gasteiger partial charge < -0.3 is 4.57 Å². The van der Waals surface area contributed by atoms with Crippen molar-refractivity contribution in [2.75, 3.05) is 0 Å². The Morgan fingerprint density at radius 2 is 2.10 bits per heavy atom. The van der Waals surface area contributed by atoms with Crippen molar-refractivity contribution in [1.29, 1.82) is 0 Å². The highest BCUT2D eigenvalue weighted by Gasteiger charge is 2.13. The molecule has 0 aliphatic carbocycles. The van der Waals surface area contributed by atoms with E-state index in [0.717, 1.165) is 17.0 Å². The third kappa shape index (κ3) is 2.30. The predicted octanol–water partition coefficient (Wildman–Crippen LogP) is 3.81. The second-order valence-corrected chi connectivity index (χ2v) is 4.53. The van der Waals surface area contributed by atoms with E-state index in [1.165, 1.54) is 12.1 Å². The summed E-state index contributed by atoms with van der Waals surface area (Å²) in [7, 11) is 0. The van der Waals surface area contributed by atoms with Gasteiger partial charge in [0, 0.05) is 23.6 Å². The van der Waals surface area contributed by atoms with Gasteiger partial charge in [-0.1, -0.05) is 6.07 Å². The van der Waals surface area contributed by atoms with E-state index < -0.39 is 0 Å². The molecular formula is C15H11ClFN3. The topological polar surface area (TPSA) is 30.7 Å². The molecule has 2 aromatic heterocycles. The quantitative estimate of drug-likeness (QED) is 0.686. The van der Waals surface area contributed by atoms with E-state index >= 15 is 0 Å². The second-order valence-electron chi connectivity index (χ2n) is 4.27. The van der Waals surface area contributed by atoms with E-state index in [1.807, 2.05) is 18.2 Å². The first-order chi connectivity index (χ1) is 9.79. The van der Waals surface area contributed by atoms with Gasteiger partial charge in [0.25, 0.3) is 0 Å². The summed E-state index contributed by atoms with van der Waals surface area (Å²) >= 11 is 6.04. The Balaban J connectivity index is 2.13. The number of benzene rings is 1. The highest BCUT2D eigenvalue weighted by atomic mass is 35.5. The van der Waals surface area contributed by atoms with E-state index in [-0.39, 0.29) is 11.7 Å². The molecule has 100 valence electrons. The van der Waals surface area contributed by atoms with E-state index in [1.54, 1.807) is 29.4 Å². The molecule has 0 fully saturated rings. The van der Waals surface area contributed by atoms with Crippen molar-refractivity contribution in [2.24, 2.45) is 0 Å². The summed E-state index contributed by atoms with van der Waals surface area (Å²) in [6.07, 6.45) is 5.08. The molecule has 0 aliphatic heterocycles. The van der Waals surface area contributed by atoms with Gasteiger partial charge in [0.2, 0.25) is 0 Å². The van der Waals surface area contributed by atoms with Gasteiger partial charge in [0.15, 0.2) is 0 Å². The summed E-state index contributed by atoms with van der Waals surface area (Å²) in [5.41, 5.74) is 3.16. The molecule has 5 heteroatoms. The van der Waals surface area contributed by atoms with E-state index in [4.69, 9.17) is 11.6 Å². The zero-order valence-corrected chi connectivity index (χ0v) is 11.3. The zero-order chi connectivity index (χ0) is 13.9. The lowest BCUT2D eigenvalue weighted by molar-refractivity contribution is 0.626. The number of nitrogens with zero attached hydrogens (tertiary/aromatic N) is 3. The normalized spacial score (nSPS) is 10.7. The van der Waals surface area contributed by atoms with Gasteiger partial charge in [-0.2, -0.15) is 0 Å². The third-order valence-corrected chi connectivity index (χ3v) is 3.27. The highest BCUT2D eigenvalue weighted by Crippen LogP contribution is 2.25. The molecule has 0 spiro atoms. The van der Waals surface area contributed by atoms with Crippen LogP contribution < -0.4 is 0 Å². The smallest absolute Gasteiger partial charge is 0.125 e. The first-order valence-corrected chi connectivity index (χ1v) is 6.61. The van der Waals surface area contributed by atoms with Crippen LogP contribution in [0.3, 0.4) is 0 Å². The summed E-state index contributed by atoms with van der Waals surface area (Å²) in [4.78, 5) is 8.46. The van der Waals surface area contributed by atoms with Gasteiger partial charge in [-0.3, -0.25) is 4.98 Å². The van der Waals surface area contributed by atoms with Crippen LogP contribution in [-0.2, 0) is 5.88 Å². The van der Waals surface area contributed by atoms with Crippen LogP contribution in [0, 0.1) is 5.82 Å². The fourth-order valence-electron chi connectivity index (χ4n) is 2.09. The summed E-state index contributed by atoms with van der Waals surface area (Å²) in [6, 6.07) is 10.1. The maximum absolute atomic E-state index is 13.3. The largest absolute Gasteiger partial charge is 0.301 e. The van der Waals surface area contributed by atoms with Crippen LogP contribution in [0.25, 0.3) is 16.9 Å². The van der Waals surface area contributed by atoms with Crippen LogP contribution in [0.15, 0.2) is 55.1 Å². The molecule has 3 nitrogen and oxygen atoms in total. The number of alkyl halides is 1. The summed E-state index contributed by atoms with van der Waals surface area (Å²) in [6.45, 7) is 0. The first-order valence-electron chi connectivity index (χ1n) is 6.08. The molecular weight excluding hydrogens is 277 g/mol. The van der Waals surface area contributed by atoms with Gasteiger partial charge in [0.1, 0.15) is 12.1 Å². The SMILES string of the molecule is Fc1cccc(-n2cnc(-c3cccnc3)c2CCl)c1. The monoisotopic (exact) mass is 287 g/mol. The Morgan fingerprint density at radius 1 is 1.20 bits per heavy atom. The molecule has 0 saturated carbocycles. The van der Waals surface area contributed by atoms with Crippen molar-refractivity contribution in [3.8, 4) is 16.9 Å². The average molecular weight is 288 g/mol. The molecule has 1 aromatic carbocycles. The van der Waals surface area contributed by atoms with Crippen molar-refractivity contribution < 1.29 is 4.39 Å². The lowest BCUT2D eigenvalue weighted by Crippen LogP contribution is -1.98. The number of pyridine rings is 1. The number of aromatic nitrogens is 3. The molecule has 2 heterocycles. The summed E-state index contributed by atoms with van der Waals surface area (Å²) < 4.78 is 15.1. The Kier molecular flexibility index (Phi) is 3.48. The first kappa shape index (κ1) is 12.8. The molecule has 0 aliphatic rings. The molecule has 0 atom stereocenters. The van der Waals surface area contributed by atoms with Crippen molar-refractivity contribution >= 4 is 11.6 Å². The molecule has 0 amide bonds. The van der Waals surface area contributed by atoms with Crippen LogP contribution in [0.2, 0.25) is 0 Å². The number of hydrogen-bond donors (Lipinski definition) is 0. The molecule has 0 N–H and O–H groups in total. The number of halogens is 2. The van der Waals surface area contributed by atoms with Gasteiger partial charge in [-0.05, 0) is 30.3 Å². The Morgan fingerprint density at radius 3 is 2.80 bits per heavy atom. The Labute approximate surface area is 120 Å². The highest BCUT2D eigenvalue weighted by molar-refractivity contribution is 6.17. The summed E-state index contributed by atoms with van der Waals surface area (Å²) in [5.74, 6) is -0.0135. The predicted molar refractivity (Wildman–Crippen MR) is 76.3 cm³/mol. The van der Waals surface area contributed by atoms with Crippen molar-refractivity contribution in [1.82, 2.24) is 14.5 Å². The molecule has 0 saturated heterocycles. The standard InChI is InChI=1S/C15H11ClFN3/c16-8-14-15(11-3-2-6-18-9-11)19-10-20(14)13-5-1-4-12(17)7-13/h1-7,9-10H,8H2. The van der Waals surface area contributed by atoms with Crippen molar-refractivity contribution in [2.45, 2.75) is 5.88 Å². The molecule has 0 unspecified atom stereocenters. The van der Waals surface area contributed by atoms with Crippen LogP contribution in [0.4, 0.5) is 4.39 Å². The lowest BCUT2D eigenvalue weighted by atomic mass is 10.2. The minimum Gasteiger partial charge on any atom is -0.301 e. The van der Waals surface area contributed by atoms with Crippen molar-refractivity contribution in [3.05, 3.63) is 66.6 Å². The fraction of sp³-hybridized carbons (Fsp3) is 0.0667. The maximum atomic E-state index is 13.3. The minimum atomic E-state index is -0.292. The lowest BCUT2D eigenvalue weighted by Gasteiger charge is -2.07. The summed E-state index contributed by atoms with van der Waals surface area (Å²) in [5, 5.41) is 0. The zero-order valence-electron chi connectivity index (χ0n) is 10.5. The molecule has 20 heavy (non-hydrogen) atoms. The van der Waals surface area contributed by atoms with Gasteiger partial charge >= 0.3 is 0 Å². The van der Waals surface area contributed by atoms with Gasteiger partial charge in [-0.25, -0.2) is 9.37 Å². The molecule has 3 rings (SSSR count). The molecule has 0 bridgehead atoms. The Bertz CT molecular complexity index is 725. The van der Waals surface area contributed by atoms with E-state index in [9.17, 15) is 4.39 Å². The average Bonchev–Trinajstić information content (AvgIpc) is 2.92. The second kappa shape index (κ2) is 5.43. The third-order valence-electron chi connectivity index (χ3n) is 3.01. The minimum absolute atomic E-state index is 0.279. The number of imidazole rings is 1. The van der Waals surface area contributed by atoms with Gasteiger partial charge in [-0.15, -0.1) is 11.6 Å². The Hall–Kier alpha value is -2.20. The van der Waals surface area contributed by atoms with Crippen LogP contribution in [0.5, 0.6) is 0 Å². The number of hydrogen-bond acceptors (Lipinski definition) is 2. The molecule has 3 aromatic rings. The van der Waals surface area contributed by atoms with Crippen LogP contribution >= 0.6 is 11.6 Å². The van der Waals surface area contributed by atoms with Crippen LogP contribution in [-0.4, -0.2) is 14.5 Å². The van der Waals surface area contributed by atoms with Crippen LogP contribution in [0.1, 0.15) is 5.69 Å².